The van der Waals surface area contributed by atoms with E-state index in [1.807, 2.05) is 18.3 Å². The summed E-state index contributed by atoms with van der Waals surface area (Å²) in [6.07, 6.45) is 6.39. The van der Waals surface area contributed by atoms with Crippen LogP contribution >= 0.6 is 11.6 Å². The molecule has 5 heteroatoms. The highest BCUT2D eigenvalue weighted by molar-refractivity contribution is 6.32. The Bertz CT molecular complexity index is 452. The number of anilines is 1. The van der Waals surface area contributed by atoms with Crippen molar-refractivity contribution >= 4 is 17.3 Å². The highest BCUT2D eigenvalue weighted by Gasteiger charge is 2.06. The van der Waals surface area contributed by atoms with Crippen LogP contribution in [0.25, 0.3) is 5.69 Å². The van der Waals surface area contributed by atoms with E-state index in [4.69, 9.17) is 11.6 Å². The third-order valence-electron chi connectivity index (χ3n) is 2.15. The monoisotopic (exact) mass is 236 g/mol. The van der Waals surface area contributed by atoms with Crippen LogP contribution in [0.2, 0.25) is 5.15 Å². The van der Waals surface area contributed by atoms with Crippen molar-refractivity contribution in [1.82, 2.24) is 14.8 Å². The summed E-state index contributed by atoms with van der Waals surface area (Å²) in [4.78, 5) is 4.04. The van der Waals surface area contributed by atoms with Gasteiger partial charge < -0.3 is 5.32 Å². The molecule has 0 aliphatic heterocycles. The molecule has 4 nitrogen and oxygen atoms in total. The number of hydrogen-bond donors (Lipinski definition) is 1. The zero-order valence-electron chi connectivity index (χ0n) is 9.02. The summed E-state index contributed by atoms with van der Waals surface area (Å²) in [5.74, 6) is 0. The first-order chi connectivity index (χ1) is 7.81. The quantitative estimate of drug-likeness (QED) is 0.888. The second-order valence-electron chi connectivity index (χ2n) is 3.42. The van der Waals surface area contributed by atoms with Crippen LogP contribution < -0.4 is 5.32 Å². The molecule has 2 heterocycles. The lowest BCUT2D eigenvalue weighted by atomic mass is 10.4. The summed E-state index contributed by atoms with van der Waals surface area (Å²) < 4.78 is 1.72. The van der Waals surface area contributed by atoms with Gasteiger partial charge in [0.25, 0.3) is 0 Å². The Morgan fingerprint density at radius 1 is 1.50 bits per heavy atom. The number of aromatic nitrogens is 3. The molecule has 0 radical (unpaired) electrons. The van der Waals surface area contributed by atoms with Crippen molar-refractivity contribution in [1.29, 1.82) is 0 Å². The molecule has 0 amide bonds. The second kappa shape index (κ2) is 4.99. The van der Waals surface area contributed by atoms with Crippen LogP contribution in [0.5, 0.6) is 0 Å². The van der Waals surface area contributed by atoms with Gasteiger partial charge >= 0.3 is 0 Å². The first kappa shape index (κ1) is 11.0. The third kappa shape index (κ3) is 2.33. The van der Waals surface area contributed by atoms with Gasteiger partial charge in [0.2, 0.25) is 0 Å². The molecule has 0 spiro atoms. The van der Waals surface area contributed by atoms with E-state index in [1.165, 1.54) is 0 Å². The Labute approximate surface area is 99.3 Å². The van der Waals surface area contributed by atoms with Gasteiger partial charge in [0.15, 0.2) is 5.15 Å². The van der Waals surface area contributed by atoms with Crippen molar-refractivity contribution in [3.05, 3.63) is 35.9 Å². The van der Waals surface area contributed by atoms with Crippen molar-refractivity contribution in [3.63, 3.8) is 0 Å². The van der Waals surface area contributed by atoms with E-state index >= 15 is 0 Å². The van der Waals surface area contributed by atoms with Gasteiger partial charge in [0.1, 0.15) is 0 Å². The molecule has 1 N–H and O–H groups in total. The lowest BCUT2D eigenvalue weighted by molar-refractivity contribution is 0.874. The maximum atomic E-state index is 6.02. The summed E-state index contributed by atoms with van der Waals surface area (Å²) >= 11 is 6.02. The Hall–Kier alpha value is -1.55. The van der Waals surface area contributed by atoms with Crippen LogP contribution in [0.1, 0.15) is 13.3 Å². The van der Waals surface area contributed by atoms with Gasteiger partial charge in [-0.2, -0.15) is 5.10 Å². The van der Waals surface area contributed by atoms with E-state index in [0.29, 0.717) is 5.15 Å². The molecule has 0 atom stereocenters. The Morgan fingerprint density at radius 3 is 3.06 bits per heavy atom. The number of halogens is 1. The fourth-order valence-corrected chi connectivity index (χ4v) is 1.55. The molecule has 0 aliphatic carbocycles. The first-order valence-corrected chi connectivity index (χ1v) is 5.58. The topological polar surface area (TPSA) is 42.7 Å². The van der Waals surface area contributed by atoms with Gasteiger partial charge in [-0.25, -0.2) is 4.68 Å². The van der Waals surface area contributed by atoms with Crippen LogP contribution in [-0.4, -0.2) is 21.3 Å². The van der Waals surface area contributed by atoms with Gasteiger partial charge in [0.05, 0.1) is 23.8 Å². The van der Waals surface area contributed by atoms with E-state index in [-0.39, 0.29) is 0 Å². The summed E-state index contributed by atoms with van der Waals surface area (Å²) in [5, 5.41) is 7.91. The number of pyridine rings is 1. The zero-order valence-corrected chi connectivity index (χ0v) is 9.78. The number of rotatable bonds is 4. The average Bonchev–Trinajstić information content (AvgIpc) is 2.69. The fraction of sp³-hybridized carbons (Fsp3) is 0.273. The number of nitrogens with zero attached hydrogens (tertiary/aromatic N) is 3. The predicted octanol–water partition coefficient (Wildman–Crippen LogP) is 2.74. The van der Waals surface area contributed by atoms with Crippen LogP contribution in [0.3, 0.4) is 0 Å². The molecule has 0 saturated heterocycles. The molecule has 2 aromatic rings. The smallest absolute Gasteiger partial charge is 0.174 e. The lowest BCUT2D eigenvalue weighted by Crippen LogP contribution is -1.98. The van der Waals surface area contributed by atoms with Crippen LogP contribution in [-0.2, 0) is 0 Å². The van der Waals surface area contributed by atoms with Crippen molar-refractivity contribution in [3.8, 4) is 5.69 Å². The van der Waals surface area contributed by atoms with E-state index in [1.54, 1.807) is 17.1 Å². The van der Waals surface area contributed by atoms with E-state index in [2.05, 4.69) is 22.3 Å². The summed E-state index contributed by atoms with van der Waals surface area (Å²) in [5.41, 5.74) is 1.75. The van der Waals surface area contributed by atoms with Crippen molar-refractivity contribution < 1.29 is 0 Å². The number of hydrogen-bond acceptors (Lipinski definition) is 3. The van der Waals surface area contributed by atoms with Gasteiger partial charge in [0, 0.05) is 12.7 Å². The summed E-state index contributed by atoms with van der Waals surface area (Å²) in [6.45, 7) is 2.99. The van der Waals surface area contributed by atoms with Crippen molar-refractivity contribution in [2.45, 2.75) is 13.3 Å². The second-order valence-corrected chi connectivity index (χ2v) is 3.77. The lowest BCUT2D eigenvalue weighted by Gasteiger charge is -2.00. The average molecular weight is 237 g/mol. The Balaban J connectivity index is 2.24. The first-order valence-electron chi connectivity index (χ1n) is 5.20. The normalized spacial score (nSPS) is 10.4. The number of nitrogens with one attached hydrogen (secondary N) is 1. The van der Waals surface area contributed by atoms with Crippen molar-refractivity contribution in [2.24, 2.45) is 0 Å². The van der Waals surface area contributed by atoms with Gasteiger partial charge in [-0.3, -0.25) is 4.98 Å². The van der Waals surface area contributed by atoms with Gasteiger partial charge in [-0.05, 0) is 18.6 Å². The van der Waals surface area contributed by atoms with Crippen molar-refractivity contribution in [2.75, 3.05) is 11.9 Å². The largest absolute Gasteiger partial charge is 0.381 e. The summed E-state index contributed by atoms with van der Waals surface area (Å²) in [7, 11) is 0. The highest BCUT2D eigenvalue weighted by atomic mass is 35.5. The molecule has 2 rings (SSSR count). The van der Waals surface area contributed by atoms with Crippen LogP contribution in [0.4, 0.5) is 5.69 Å². The predicted molar refractivity (Wildman–Crippen MR) is 65.1 cm³/mol. The minimum atomic E-state index is 0.484. The standard InChI is InChI=1S/C11H13ClN4/c1-2-5-14-10-8-16(15-11(10)12)9-4-3-6-13-7-9/h3-4,6-8,14H,2,5H2,1H3. The minimum absolute atomic E-state index is 0.484. The minimum Gasteiger partial charge on any atom is -0.381 e. The van der Waals surface area contributed by atoms with E-state index in [9.17, 15) is 0 Å². The molecule has 2 aromatic heterocycles. The maximum Gasteiger partial charge on any atom is 0.174 e. The van der Waals surface area contributed by atoms with Gasteiger partial charge in [-0.1, -0.05) is 18.5 Å². The summed E-state index contributed by atoms with van der Waals surface area (Å²) in [6, 6.07) is 3.80. The Kier molecular flexibility index (Phi) is 3.41. The fourth-order valence-electron chi connectivity index (χ4n) is 1.35. The van der Waals surface area contributed by atoms with Gasteiger partial charge in [-0.15, -0.1) is 0 Å². The molecular formula is C11H13ClN4. The highest BCUT2D eigenvalue weighted by Crippen LogP contribution is 2.21. The zero-order chi connectivity index (χ0) is 11.4. The Morgan fingerprint density at radius 2 is 2.38 bits per heavy atom. The molecule has 0 aliphatic rings. The molecule has 0 bridgehead atoms. The molecule has 0 aromatic carbocycles. The maximum absolute atomic E-state index is 6.02. The molecule has 0 fully saturated rings. The molecule has 0 unspecified atom stereocenters. The van der Waals surface area contributed by atoms with E-state index in [0.717, 1.165) is 24.3 Å². The molecule has 0 saturated carbocycles. The van der Waals surface area contributed by atoms with Crippen LogP contribution in [0.15, 0.2) is 30.7 Å². The SMILES string of the molecule is CCCNc1cn(-c2cccnc2)nc1Cl. The van der Waals surface area contributed by atoms with E-state index < -0.39 is 0 Å². The third-order valence-corrected chi connectivity index (χ3v) is 2.42. The molecular weight excluding hydrogens is 224 g/mol. The van der Waals surface area contributed by atoms with Crippen LogP contribution in [0, 0.1) is 0 Å². The molecule has 84 valence electrons. The molecule has 16 heavy (non-hydrogen) atoms.